The number of unbranched alkanes of at least 4 members (excludes halogenated alkanes) is 1. The third kappa shape index (κ3) is 5.47. The molecule has 2 aromatic rings. The van der Waals surface area contributed by atoms with Crippen molar-refractivity contribution in [3.8, 4) is 5.75 Å². The van der Waals surface area contributed by atoms with Crippen LogP contribution < -0.4 is 10.1 Å². The minimum Gasteiger partial charge on any atom is -0.493 e. The normalized spacial score (nSPS) is 15.1. The van der Waals surface area contributed by atoms with Gasteiger partial charge in [-0.2, -0.15) is 0 Å². The van der Waals surface area contributed by atoms with E-state index in [2.05, 4.69) is 12.2 Å². The van der Waals surface area contributed by atoms with Gasteiger partial charge in [-0.15, -0.1) is 0 Å². The Morgan fingerprint density at radius 2 is 1.75 bits per heavy atom. The van der Waals surface area contributed by atoms with Crippen LogP contribution in [0.5, 0.6) is 5.75 Å². The Labute approximate surface area is 189 Å². The second-order valence-corrected chi connectivity index (χ2v) is 8.24. The topological polar surface area (TPSA) is 64.6 Å². The van der Waals surface area contributed by atoms with Crippen molar-refractivity contribution in [2.45, 2.75) is 64.2 Å². The average molecular weight is 442 g/mol. The summed E-state index contributed by atoms with van der Waals surface area (Å²) in [5, 5.41) is 3.00. The fourth-order valence-corrected chi connectivity index (χ4v) is 4.25. The molecular weight excluding hydrogens is 409 g/mol. The van der Waals surface area contributed by atoms with Gasteiger partial charge in [0, 0.05) is 5.69 Å². The molecule has 0 aromatic heterocycles. The second-order valence-electron chi connectivity index (χ2n) is 8.24. The first-order chi connectivity index (χ1) is 15.5. The fourth-order valence-electron chi connectivity index (χ4n) is 4.25. The SMILES string of the molecule is CCCCOc1ccc(NC(=O)C2(c3ccc(F)cc3)CCCCC2)cc1C(=O)OCC. The minimum atomic E-state index is -0.716. The van der Waals surface area contributed by atoms with Crippen LogP contribution in [0.2, 0.25) is 0 Å². The highest BCUT2D eigenvalue weighted by atomic mass is 19.1. The first kappa shape index (κ1) is 23.8. The highest BCUT2D eigenvalue weighted by Gasteiger charge is 2.41. The van der Waals surface area contributed by atoms with Gasteiger partial charge in [-0.25, -0.2) is 9.18 Å². The number of benzene rings is 2. The smallest absolute Gasteiger partial charge is 0.341 e. The van der Waals surface area contributed by atoms with Crippen LogP contribution in [0.1, 0.15) is 74.7 Å². The number of ether oxygens (including phenoxy) is 2. The van der Waals surface area contributed by atoms with Gasteiger partial charge >= 0.3 is 5.97 Å². The van der Waals surface area contributed by atoms with Crippen LogP contribution in [-0.2, 0) is 14.9 Å². The molecule has 0 aliphatic heterocycles. The van der Waals surface area contributed by atoms with E-state index in [-0.39, 0.29) is 18.3 Å². The molecule has 0 spiro atoms. The summed E-state index contributed by atoms with van der Waals surface area (Å²) in [5.41, 5.74) is 0.904. The van der Waals surface area contributed by atoms with Crippen LogP contribution in [0.25, 0.3) is 0 Å². The van der Waals surface area contributed by atoms with Crippen molar-refractivity contribution in [3.63, 3.8) is 0 Å². The maximum Gasteiger partial charge on any atom is 0.341 e. The maximum absolute atomic E-state index is 13.5. The highest BCUT2D eigenvalue weighted by molar-refractivity contribution is 6.01. The van der Waals surface area contributed by atoms with Crippen LogP contribution in [-0.4, -0.2) is 25.1 Å². The van der Waals surface area contributed by atoms with Gasteiger partial charge < -0.3 is 14.8 Å². The summed E-state index contributed by atoms with van der Waals surface area (Å²) in [7, 11) is 0. The van der Waals surface area contributed by atoms with E-state index < -0.39 is 11.4 Å². The van der Waals surface area contributed by atoms with E-state index in [1.165, 1.54) is 12.1 Å². The lowest BCUT2D eigenvalue weighted by Gasteiger charge is -2.36. The van der Waals surface area contributed by atoms with Gasteiger partial charge in [0.05, 0.1) is 18.6 Å². The molecule has 0 saturated heterocycles. The van der Waals surface area contributed by atoms with Crippen molar-refractivity contribution < 1.29 is 23.5 Å². The lowest BCUT2D eigenvalue weighted by Crippen LogP contribution is -2.42. The van der Waals surface area contributed by atoms with Crippen molar-refractivity contribution in [1.29, 1.82) is 0 Å². The highest BCUT2D eigenvalue weighted by Crippen LogP contribution is 2.40. The Morgan fingerprint density at radius 1 is 1.03 bits per heavy atom. The molecule has 1 aliphatic carbocycles. The predicted octanol–water partition coefficient (Wildman–Crippen LogP) is 6.02. The maximum atomic E-state index is 13.5. The van der Waals surface area contributed by atoms with Gasteiger partial charge in [0.2, 0.25) is 5.91 Å². The van der Waals surface area contributed by atoms with Crippen LogP contribution >= 0.6 is 0 Å². The van der Waals surface area contributed by atoms with E-state index >= 15 is 0 Å². The van der Waals surface area contributed by atoms with Crippen LogP contribution in [0.3, 0.4) is 0 Å². The van der Waals surface area contributed by atoms with E-state index in [0.29, 0.717) is 36.4 Å². The first-order valence-electron chi connectivity index (χ1n) is 11.5. The monoisotopic (exact) mass is 441 g/mol. The number of hydrogen-bond acceptors (Lipinski definition) is 4. The van der Waals surface area contributed by atoms with E-state index in [1.807, 2.05) is 0 Å². The van der Waals surface area contributed by atoms with Gasteiger partial charge in [-0.1, -0.05) is 44.7 Å². The number of rotatable bonds is 9. The predicted molar refractivity (Wildman–Crippen MR) is 123 cm³/mol. The molecule has 32 heavy (non-hydrogen) atoms. The summed E-state index contributed by atoms with van der Waals surface area (Å²) in [6.45, 7) is 4.56. The van der Waals surface area contributed by atoms with Gasteiger partial charge in [-0.3, -0.25) is 4.79 Å². The lowest BCUT2D eigenvalue weighted by molar-refractivity contribution is -0.122. The molecule has 172 valence electrons. The molecule has 1 N–H and O–H groups in total. The number of nitrogens with one attached hydrogen (secondary N) is 1. The molecule has 1 aliphatic rings. The number of esters is 1. The van der Waals surface area contributed by atoms with E-state index in [9.17, 15) is 14.0 Å². The summed E-state index contributed by atoms with van der Waals surface area (Å²) >= 11 is 0. The third-order valence-electron chi connectivity index (χ3n) is 6.03. The Hall–Kier alpha value is -2.89. The third-order valence-corrected chi connectivity index (χ3v) is 6.03. The van der Waals surface area contributed by atoms with E-state index in [4.69, 9.17) is 9.47 Å². The van der Waals surface area contributed by atoms with Crippen molar-refractivity contribution in [1.82, 2.24) is 0 Å². The zero-order valence-electron chi connectivity index (χ0n) is 18.9. The van der Waals surface area contributed by atoms with Crippen molar-refractivity contribution in [3.05, 3.63) is 59.4 Å². The van der Waals surface area contributed by atoms with Crippen LogP contribution in [0, 0.1) is 5.82 Å². The standard InChI is InChI=1S/C26H32FNO4/c1-3-5-17-32-23-14-13-21(18-22(23)24(29)31-4-2)28-25(30)26(15-7-6-8-16-26)19-9-11-20(27)12-10-19/h9-14,18H,3-8,15-17H2,1-2H3,(H,28,30). The summed E-state index contributed by atoms with van der Waals surface area (Å²) in [6.07, 6.45) is 6.20. The number of carbonyl (C=O) groups excluding carboxylic acids is 2. The molecule has 0 atom stereocenters. The number of carbonyl (C=O) groups is 2. The zero-order valence-corrected chi connectivity index (χ0v) is 18.9. The zero-order chi connectivity index (χ0) is 23.0. The molecule has 1 amide bonds. The molecule has 3 rings (SSSR count). The summed E-state index contributed by atoms with van der Waals surface area (Å²) in [6, 6.07) is 11.3. The van der Waals surface area contributed by atoms with E-state index in [0.717, 1.165) is 37.7 Å². The molecule has 0 bridgehead atoms. The van der Waals surface area contributed by atoms with Gasteiger partial charge in [0.1, 0.15) is 17.1 Å². The van der Waals surface area contributed by atoms with E-state index in [1.54, 1.807) is 37.3 Å². The Morgan fingerprint density at radius 3 is 2.41 bits per heavy atom. The van der Waals surface area contributed by atoms with Gasteiger partial charge in [0.25, 0.3) is 0 Å². The molecule has 1 fully saturated rings. The first-order valence-corrected chi connectivity index (χ1v) is 11.5. The molecule has 6 heteroatoms. The van der Waals surface area contributed by atoms with Crippen molar-refractivity contribution in [2.75, 3.05) is 18.5 Å². The number of amides is 1. The fraction of sp³-hybridized carbons (Fsp3) is 0.462. The quantitative estimate of drug-likeness (QED) is 0.382. The minimum absolute atomic E-state index is 0.140. The summed E-state index contributed by atoms with van der Waals surface area (Å²) in [5.74, 6) is -0.502. The van der Waals surface area contributed by atoms with Gasteiger partial charge in [0.15, 0.2) is 0 Å². The molecule has 0 unspecified atom stereocenters. The Kier molecular flexibility index (Phi) is 8.26. The largest absolute Gasteiger partial charge is 0.493 e. The lowest BCUT2D eigenvalue weighted by atomic mass is 9.68. The van der Waals surface area contributed by atoms with Crippen LogP contribution in [0.15, 0.2) is 42.5 Å². The van der Waals surface area contributed by atoms with Crippen molar-refractivity contribution >= 4 is 17.6 Å². The molecule has 0 radical (unpaired) electrons. The molecule has 0 heterocycles. The average Bonchev–Trinajstić information content (AvgIpc) is 2.81. The van der Waals surface area contributed by atoms with Crippen LogP contribution in [0.4, 0.5) is 10.1 Å². The second kappa shape index (κ2) is 11.1. The summed E-state index contributed by atoms with van der Waals surface area (Å²) < 4.78 is 24.5. The molecule has 2 aromatic carbocycles. The summed E-state index contributed by atoms with van der Waals surface area (Å²) in [4.78, 5) is 26.0. The molecular formula is C26H32FNO4. The number of anilines is 1. The van der Waals surface area contributed by atoms with Gasteiger partial charge in [-0.05, 0) is 62.1 Å². The number of hydrogen-bond donors (Lipinski definition) is 1. The Bertz CT molecular complexity index is 920. The molecule has 1 saturated carbocycles. The Balaban J connectivity index is 1.88. The van der Waals surface area contributed by atoms with Crippen molar-refractivity contribution in [2.24, 2.45) is 0 Å². The number of halogens is 1. The molecule has 5 nitrogen and oxygen atoms in total.